The molecule has 1 atom stereocenters. The van der Waals surface area contributed by atoms with Gasteiger partial charge in [-0.05, 0) is 43.9 Å². The highest BCUT2D eigenvalue weighted by Gasteiger charge is 2.33. The van der Waals surface area contributed by atoms with Crippen molar-refractivity contribution in [3.05, 3.63) is 35.4 Å². The maximum absolute atomic E-state index is 13.7. The molecule has 1 aromatic carbocycles. The number of rotatable bonds is 5. The Labute approximate surface area is 142 Å². The molecule has 1 aromatic rings. The van der Waals surface area contributed by atoms with Crippen LogP contribution in [0.2, 0.25) is 0 Å². The first kappa shape index (κ1) is 19.8. The molecular weight excluding hydrogens is 322 g/mol. The first-order chi connectivity index (χ1) is 10.5. The molecule has 0 aliphatic heterocycles. The molecular formula is C17H25ClF2N2O. The summed E-state index contributed by atoms with van der Waals surface area (Å²) in [5.74, 6) is -1.47. The fourth-order valence-corrected chi connectivity index (χ4v) is 3.38. The highest BCUT2D eigenvalue weighted by Crippen LogP contribution is 2.38. The number of nitrogens with one attached hydrogen (secondary N) is 1. The molecule has 1 fully saturated rings. The van der Waals surface area contributed by atoms with Crippen molar-refractivity contribution in [3.63, 3.8) is 0 Å². The van der Waals surface area contributed by atoms with Crippen molar-refractivity contribution in [2.24, 2.45) is 11.1 Å². The van der Waals surface area contributed by atoms with E-state index >= 15 is 0 Å². The van der Waals surface area contributed by atoms with Gasteiger partial charge < -0.3 is 11.1 Å². The summed E-state index contributed by atoms with van der Waals surface area (Å²) in [6, 6.07) is 3.01. The minimum absolute atomic E-state index is 0. The number of carbonyl (C=O) groups excluding carboxylic acids is 1. The Balaban J connectivity index is 0.00000264. The first-order valence-electron chi connectivity index (χ1n) is 7.91. The highest BCUT2D eigenvalue weighted by molar-refractivity contribution is 5.85. The lowest BCUT2D eigenvalue weighted by Gasteiger charge is -2.36. The van der Waals surface area contributed by atoms with Gasteiger partial charge in [-0.2, -0.15) is 0 Å². The van der Waals surface area contributed by atoms with Gasteiger partial charge in [-0.15, -0.1) is 12.4 Å². The van der Waals surface area contributed by atoms with Gasteiger partial charge in [0.25, 0.3) is 0 Å². The van der Waals surface area contributed by atoms with Crippen LogP contribution in [-0.2, 0) is 4.79 Å². The minimum atomic E-state index is -0.702. The molecule has 1 unspecified atom stereocenters. The first-order valence-corrected chi connectivity index (χ1v) is 7.91. The second-order valence-corrected chi connectivity index (χ2v) is 6.37. The summed E-state index contributed by atoms with van der Waals surface area (Å²) in [4.78, 5) is 12.3. The SMILES string of the molecule is CC(NC(=O)CC1(CN)CCCCC1)c1c(F)cccc1F.Cl. The van der Waals surface area contributed by atoms with Crippen LogP contribution in [0.3, 0.4) is 0 Å². The molecule has 6 heteroatoms. The maximum Gasteiger partial charge on any atom is 0.221 e. The third kappa shape index (κ3) is 4.88. The second kappa shape index (κ2) is 8.60. The van der Waals surface area contributed by atoms with Crippen molar-refractivity contribution >= 4 is 18.3 Å². The summed E-state index contributed by atoms with van der Waals surface area (Å²) in [6.45, 7) is 2.07. The number of benzene rings is 1. The van der Waals surface area contributed by atoms with Crippen LogP contribution < -0.4 is 11.1 Å². The zero-order chi connectivity index (χ0) is 16.2. The van der Waals surface area contributed by atoms with Gasteiger partial charge in [-0.1, -0.05) is 25.3 Å². The van der Waals surface area contributed by atoms with Crippen molar-refractivity contribution < 1.29 is 13.6 Å². The van der Waals surface area contributed by atoms with Crippen molar-refractivity contribution in [1.82, 2.24) is 5.32 Å². The number of amides is 1. The van der Waals surface area contributed by atoms with Crippen LogP contribution in [0.4, 0.5) is 8.78 Å². The molecule has 1 aliphatic carbocycles. The van der Waals surface area contributed by atoms with E-state index in [-0.39, 0.29) is 29.3 Å². The van der Waals surface area contributed by atoms with Crippen LogP contribution >= 0.6 is 12.4 Å². The van der Waals surface area contributed by atoms with Crippen molar-refractivity contribution in [2.75, 3.05) is 6.54 Å². The maximum atomic E-state index is 13.7. The van der Waals surface area contributed by atoms with Crippen molar-refractivity contribution in [1.29, 1.82) is 0 Å². The molecule has 3 nitrogen and oxygen atoms in total. The van der Waals surface area contributed by atoms with E-state index in [9.17, 15) is 13.6 Å². The lowest BCUT2D eigenvalue weighted by atomic mass is 9.71. The number of nitrogens with two attached hydrogens (primary N) is 1. The summed E-state index contributed by atoms with van der Waals surface area (Å²) in [7, 11) is 0. The van der Waals surface area contributed by atoms with E-state index in [4.69, 9.17) is 5.73 Å². The molecule has 0 spiro atoms. The lowest BCUT2D eigenvalue weighted by molar-refractivity contribution is -0.124. The molecule has 23 heavy (non-hydrogen) atoms. The Bertz CT molecular complexity index is 513. The van der Waals surface area contributed by atoms with E-state index < -0.39 is 17.7 Å². The molecule has 0 bridgehead atoms. The Morgan fingerprint density at radius 2 is 1.83 bits per heavy atom. The van der Waals surface area contributed by atoms with Crippen molar-refractivity contribution in [2.45, 2.75) is 51.5 Å². The lowest BCUT2D eigenvalue weighted by Crippen LogP contribution is -2.39. The van der Waals surface area contributed by atoms with Crippen LogP contribution in [0.5, 0.6) is 0 Å². The van der Waals surface area contributed by atoms with Gasteiger partial charge in [0.1, 0.15) is 11.6 Å². The van der Waals surface area contributed by atoms with Gasteiger partial charge in [0.2, 0.25) is 5.91 Å². The van der Waals surface area contributed by atoms with Gasteiger partial charge in [0.05, 0.1) is 6.04 Å². The zero-order valence-corrected chi connectivity index (χ0v) is 14.2. The normalized spacial score (nSPS) is 17.9. The predicted molar refractivity (Wildman–Crippen MR) is 89.4 cm³/mol. The number of carbonyl (C=O) groups is 1. The van der Waals surface area contributed by atoms with Gasteiger partial charge in [-0.25, -0.2) is 8.78 Å². The Hall–Kier alpha value is -1.20. The number of halogens is 3. The summed E-state index contributed by atoms with van der Waals surface area (Å²) >= 11 is 0. The van der Waals surface area contributed by atoms with Crippen LogP contribution in [0.1, 0.15) is 57.1 Å². The Kier molecular flexibility index (Phi) is 7.42. The minimum Gasteiger partial charge on any atom is -0.349 e. The van der Waals surface area contributed by atoms with Gasteiger partial charge >= 0.3 is 0 Å². The van der Waals surface area contributed by atoms with E-state index in [0.29, 0.717) is 13.0 Å². The fraction of sp³-hybridized carbons (Fsp3) is 0.588. The largest absolute Gasteiger partial charge is 0.349 e. The molecule has 130 valence electrons. The Morgan fingerprint density at radius 1 is 1.26 bits per heavy atom. The van der Waals surface area contributed by atoms with E-state index in [1.54, 1.807) is 6.92 Å². The third-order valence-electron chi connectivity index (χ3n) is 4.69. The summed E-state index contributed by atoms with van der Waals surface area (Å²) in [5.41, 5.74) is 5.62. The van der Waals surface area contributed by atoms with Crippen LogP contribution in [0, 0.1) is 17.0 Å². The summed E-state index contributed by atoms with van der Waals surface area (Å²) < 4.78 is 27.5. The molecule has 1 amide bonds. The number of hydrogen-bond donors (Lipinski definition) is 2. The average Bonchev–Trinajstić information content (AvgIpc) is 2.47. The molecule has 0 heterocycles. The standard InChI is InChI=1S/C17H24F2N2O.ClH/c1-12(16-13(18)6-5-7-14(16)19)21-15(22)10-17(11-20)8-3-2-4-9-17;/h5-7,12H,2-4,8-11,20H2,1H3,(H,21,22);1H. The van der Waals surface area contributed by atoms with Crippen LogP contribution in [0.15, 0.2) is 18.2 Å². The van der Waals surface area contributed by atoms with Crippen LogP contribution in [-0.4, -0.2) is 12.5 Å². The fourth-order valence-electron chi connectivity index (χ4n) is 3.38. The summed E-state index contributed by atoms with van der Waals surface area (Å²) in [5, 5.41) is 2.71. The average molecular weight is 347 g/mol. The molecule has 1 aliphatic rings. The van der Waals surface area contributed by atoms with Gasteiger partial charge in [0.15, 0.2) is 0 Å². The smallest absolute Gasteiger partial charge is 0.221 e. The van der Waals surface area contributed by atoms with E-state index in [0.717, 1.165) is 25.7 Å². The third-order valence-corrected chi connectivity index (χ3v) is 4.69. The number of hydrogen-bond acceptors (Lipinski definition) is 2. The monoisotopic (exact) mass is 346 g/mol. The Morgan fingerprint density at radius 3 is 2.35 bits per heavy atom. The van der Waals surface area contributed by atoms with Crippen molar-refractivity contribution in [3.8, 4) is 0 Å². The van der Waals surface area contributed by atoms with E-state index in [1.807, 2.05) is 0 Å². The molecule has 0 saturated heterocycles. The quantitative estimate of drug-likeness (QED) is 0.850. The topological polar surface area (TPSA) is 55.1 Å². The molecule has 2 rings (SSSR count). The highest BCUT2D eigenvalue weighted by atomic mass is 35.5. The van der Waals surface area contributed by atoms with E-state index in [1.165, 1.54) is 24.6 Å². The molecule has 3 N–H and O–H groups in total. The molecule has 1 saturated carbocycles. The van der Waals surface area contributed by atoms with Gasteiger partial charge in [0, 0.05) is 12.0 Å². The van der Waals surface area contributed by atoms with E-state index in [2.05, 4.69) is 5.32 Å². The van der Waals surface area contributed by atoms with Crippen LogP contribution in [0.25, 0.3) is 0 Å². The molecule has 0 radical (unpaired) electrons. The predicted octanol–water partition coefficient (Wildman–Crippen LogP) is 3.86. The zero-order valence-electron chi connectivity index (χ0n) is 13.4. The molecule has 0 aromatic heterocycles. The van der Waals surface area contributed by atoms with Gasteiger partial charge in [-0.3, -0.25) is 4.79 Å². The summed E-state index contributed by atoms with van der Waals surface area (Å²) in [6.07, 6.45) is 5.56. The second-order valence-electron chi connectivity index (χ2n) is 6.37.